The van der Waals surface area contributed by atoms with E-state index in [1.165, 1.54) is 49.2 Å². The summed E-state index contributed by atoms with van der Waals surface area (Å²) in [4.78, 5) is 2.51. The summed E-state index contributed by atoms with van der Waals surface area (Å²) in [7, 11) is 0. The Bertz CT molecular complexity index is 705. The van der Waals surface area contributed by atoms with Crippen LogP contribution >= 0.6 is 0 Å². The summed E-state index contributed by atoms with van der Waals surface area (Å²) in [5.41, 5.74) is 3.89. The summed E-state index contributed by atoms with van der Waals surface area (Å²) in [6.07, 6.45) is 10.5. The van der Waals surface area contributed by atoms with E-state index >= 15 is 0 Å². The molecule has 0 aliphatic carbocycles. The number of nitrogens with zero attached hydrogens (tertiary/aromatic N) is 3. The lowest BCUT2D eigenvalue weighted by molar-refractivity contribution is -0.0112. The van der Waals surface area contributed by atoms with Gasteiger partial charge in [-0.1, -0.05) is 12.1 Å². The third-order valence-corrected chi connectivity index (χ3v) is 5.85. The Hall–Kier alpha value is -1.85. The van der Waals surface area contributed by atoms with Gasteiger partial charge in [-0.2, -0.15) is 5.10 Å². The van der Waals surface area contributed by atoms with Crippen molar-refractivity contribution < 1.29 is 4.74 Å². The Morgan fingerprint density at radius 3 is 2.67 bits per heavy atom. The molecule has 3 heterocycles. The molecule has 27 heavy (non-hydrogen) atoms. The van der Waals surface area contributed by atoms with Crippen molar-refractivity contribution in [2.45, 2.75) is 64.3 Å². The van der Waals surface area contributed by atoms with Crippen LogP contribution in [0, 0.1) is 0 Å². The lowest BCUT2D eigenvalue weighted by Crippen LogP contribution is -2.39. The van der Waals surface area contributed by atoms with E-state index in [2.05, 4.69) is 52.7 Å². The molecule has 0 spiro atoms. The summed E-state index contributed by atoms with van der Waals surface area (Å²) in [6.45, 7) is 7.13. The zero-order valence-electron chi connectivity index (χ0n) is 16.4. The summed E-state index contributed by atoms with van der Waals surface area (Å²) < 4.78 is 8.07. The highest BCUT2D eigenvalue weighted by molar-refractivity contribution is 5.47. The van der Waals surface area contributed by atoms with E-state index in [1.807, 2.05) is 10.9 Å². The molecule has 2 aromatic rings. The molecule has 2 aliphatic heterocycles. The molecule has 1 aromatic heterocycles. The van der Waals surface area contributed by atoms with Crippen molar-refractivity contribution in [1.29, 1.82) is 0 Å². The first-order valence-corrected chi connectivity index (χ1v) is 10.5. The number of anilines is 1. The molecule has 0 amide bonds. The molecule has 2 fully saturated rings. The van der Waals surface area contributed by atoms with Gasteiger partial charge >= 0.3 is 0 Å². The Morgan fingerprint density at radius 1 is 1.11 bits per heavy atom. The molecule has 4 rings (SSSR count). The van der Waals surface area contributed by atoms with E-state index in [4.69, 9.17) is 4.74 Å². The first-order valence-electron chi connectivity index (χ1n) is 10.5. The lowest BCUT2D eigenvalue weighted by atomic mass is 9.98. The van der Waals surface area contributed by atoms with Gasteiger partial charge in [-0.15, -0.1) is 0 Å². The highest BCUT2D eigenvalue weighted by atomic mass is 16.5. The second kappa shape index (κ2) is 8.89. The van der Waals surface area contributed by atoms with E-state index in [9.17, 15) is 0 Å². The molecule has 0 radical (unpaired) electrons. The number of benzene rings is 1. The van der Waals surface area contributed by atoms with Gasteiger partial charge in [-0.05, 0) is 56.7 Å². The number of ether oxygens (including phenoxy) is 1. The molecule has 2 atom stereocenters. The molecule has 0 saturated carbocycles. The van der Waals surface area contributed by atoms with E-state index in [-0.39, 0.29) is 6.10 Å². The molecule has 1 N–H and O–H groups in total. The van der Waals surface area contributed by atoms with Crippen molar-refractivity contribution in [3.8, 4) is 0 Å². The van der Waals surface area contributed by atoms with Crippen LogP contribution in [0.5, 0.6) is 0 Å². The zero-order chi connectivity index (χ0) is 18.5. The normalized spacial score (nSPS) is 23.5. The van der Waals surface area contributed by atoms with E-state index in [0.29, 0.717) is 6.04 Å². The zero-order valence-corrected chi connectivity index (χ0v) is 16.4. The highest BCUT2D eigenvalue weighted by Gasteiger charge is 2.28. The third kappa shape index (κ3) is 4.53. The number of aryl methyl sites for hydroxylation is 1. The van der Waals surface area contributed by atoms with Crippen LogP contribution in [-0.4, -0.2) is 35.5 Å². The molecule has 0 bridgehead atoms. The number of piperidine rings is 1. The number of hydrogen-bond acceptors (Lipinski definition) is 4. The van der Waals surface area contributed by atoms with Crippen molar-refractivity contribution >= 4 is 5.69 Å². The van der Waals surface area contributed by atoms with E-state index in [0.717, 1.165) is 32.5 Å². The predicted octanol–water partition coefficient (Wildman–Crippen LogP) is 3.90. The molecule has 2 aliphatic rings. The largest absolute Gasteiger partial charge is 0.372 e. The van der Waals surface area contributed by atoms with Crippen LogP contribution < -0.4 is 10.2 Å². The van der Waals surface area contributed by atoms with Crippen molar-refractivity contribution in [3.63, 3.8) is 0 Å². The van der Waals surface area contributed by atoms with E-state index in [1.54, 1.807) is 0 Å². The summed E-state index contributed by atoms with van der Waals surface area (Å²) in [5.74, 6) is 0. The first-order chi connectivity index (χ1) is 13.3. The number of hydrogen-bond donors (Lipinski definition) is 1. The smallest absolute Gasteiger partial charge is 0.101 e. The summed E-state index contributed by atoms with van der Waals surface area (Å²) in [5, 5.41) is 8.16. The molecular weight excluding hydrogens is 336 g/mol. The minimum atomic E-state index is 0.103. The van der Waals surface area contributed by atoms with Gasteiger partial charge in [0.2, 0.25) is 0 Å². The predicted molar refractivity (Wildman–Crippen MR) is 109 cm³/mol. The Labute approximate surface area is 162 Å². The number of nitrogens with one attached hydrogen (secondary N) is 1. The number of rotatable bonds is 6. The van der Waals surface area contributed by atoms with Gasteiger partial charge in [0, 0.05) is 56.3 Å². The second-order valence-corrected chi connectivity index (χ2v) is 7.76. The molecule has 146 valence electrons. The van der Waals surface area contributed by atoms with Crippen LogP contribution in [0.2, 0.25) is 0 Å². The molecule has 1 aromatic carbocycles. The molecular formula is C22H32N4O. The highest BCUT2D eigenvalue weighted by Crippen LogP contribution is 2.28. The van der Waals surface area contributed by atoms with E-state index < -0.39 is 0 Å². The first kappa shape index (κ1) is 18.5. The van der Waals surface area contributed by atoms with Crippen LogP contribution in [0.25, 0.3) is 0 Å². The van der Waals surface area contributed by atoms with Crippen molar-refractivity contribution in [3.05, 3.63) is 47.8 Å². The Kier molecular flexibility index (Phi) is 6.10. The topological polar surface area (TPSA) is 42.3 Å². The molecule has 2 saturated heterocycles. The summed E-state index contributed by atoms with van der Waals surface area (Å²) in [6, 6.07) is 9.44. The minimum absolute atomic E-state index is 0.103. The monoisotopic (exact) mass is 368 g/mol. The Balaban J connectivity index is 1.36. The van der Waals surface area contributed by atoms with Crippen molar-refractivity contribution in [2.75, 3.05) is 24.6 Å². The maximum atomic E-state index is 6.10. The van der Waals surface area contributed by atoms with Crippen LogP contribution in [0.4, 0.5) is 5.69 Å². The van der Waals surface area contributed by atoms with Gasteiger partial charge in [0.15, 0.2) is 0 Å². The fourth-order valence-corrected chi connectivity index (χ4v) is 4.24. The third-order valence-electron chi connectivity index (χ3n) is 5.85. The quantitative estimate of drug-likeness (QED) is 0.840. The standard InChI is InChI=1S/C22H32N4O/c1-2-26-17-19(16-24-26)22-21(7-6-14-27-22)23-15-18-8-10-20(11-9-18)25-12-4-3-5-13-25/h8-11,16-17,21-23H,2-7,12-15H2,1H3/t21-,22+/m0/s1. The van der Waals surface area contributed by atoms with Crippen LogP contribution in [0.15, 0.2) is 36.7 Å². The molecule has 5 nitrogen and oxygen atoms in total. The maximum absolute atomic E-state index is 6.10. The average molecular weight is 369 g/mol. The SMILES string of the molecule is CCn1cc([C@H]2OCCC[C@@H]2NCc2ccc(N3CCCCC3)cc2)cn1. The fraction of sp³-hybridized carbons (Fsp3) is 0.591. The van der Waals surface area contributed by atoms with Gasteiger partial charge in [0.1, 0.15) is 6.10 Å². The van der Waals surface area contributed by atoms with Gasteiger partial charge in [-0.3, -0.25) is 4.68 Å². The molecule has 5 heteroatoms. The van der Waals surface area contributed by atoms with Crippen molar-refractivity contribution in [2.24, 2.45) is 0 Å². The van der Waals surface area contributed by atoms with Crippen LogP contribution in [0.1, 0.15) is 56.3 Å². The lowest BCUT2D eigenvalue weighted by Gasteiger charge is -2.32. The fourth-order valence-electron chi connectivity index (χ4n) is 4.24. The van der Waals surface area contributed by atoms with Crippen LogP contribution in [0.3, 0.4) is 0 Å². The van der Waals surface area contributed by atoms with Gasteiger partial charge < -0.3 is 15.0 Å². The van der Waals surface area contributed by atoms with Gasteiger partial charge in [-0.25, -0.2) is 0 Å². The number of aromatic nitrogens is 2. The van der Waals surface area contributed by atoms with Gasteiger partial charge in [0.25, 0.3) is 0 Å². The average Bonchev–Trinajstić information content (AvgIpc) is 3.23. The second-order valence-electron chi connectivity index (χ2n) is 7.76. The Morgan fingerprint density at radius 2 is 1.93 bits per heavy atom. The maximum Gasteiger partial charge on any atom is 0.101 e. The minimum Gasteiger partial charge on any atom is -0.372 e. The van der Waals surface area contributed by atoms with Crippen LogP contribution in [-0.2, 0) is 17.8 Å². The van der Waals surface area contributed by atoms with Crippen molar-refractivity contribution in [1.82, 2.24) is 15.1 Å². The summed E-state index contributed by atoms with van der Waals surface area (Å²) >= 11 is 0. The molecule has 0 unspecified atom stereocenters. The van der Waals surface area contributed by atoms with Gasteiger partial charge in [0.05, 0.1) is 6.20 Å².